The van der Waals surface area contributed by atoms with E-state index >= 15 is 0 Å². The quantitative estimate of drug-likeness (QED) is 0.743. The van der Waals surface area contributed by atoms with E-state index in [9.17, 15) is 0 Å². The van der Waals surface area contributed by atoms with Crippen molar-refractivity contribution < 1.29 is 0 Å². The molecular weight excluding hydrogens is 194 g/mol. The Morgan fingerprint density at radius 3 is 1.88 bits per heavy atom. The summed E-state index contributed by atoms with van der Waals surface area (Å²) in [5, 5.41) is 3.61. The minimum atomic E-state index is 0.750. The van der Waals surface area contributed by atoms with E-state index in [-0.39, 0.29) is 0 Å². The first-order chi connectivity index (χ1) is 7.62. The number of hydrogen-bond donors (Lipinski definition) is 1. The van der Waals surface area contributed by atoms with Crippen LogP contribution in [0.2, 0.25) is 0 Å². The van der Waals surface area contributed by atoms with E-state index in [1.54, 1.807) is 0 Å². The zero-order valence-electron chi connectivity index (χ0n) is 11.9. The molecule has 0 aromatic heterocycles. The van der Waals surface area contributed by atoms with Gasteiger partial charge in [0.15, 0.2) is 0 Å². The molecule has 1 saturated carbocycles. The average molecular weight is 225 g/mol. The molecule has 1 heteroatoms. The number of nitrogens with one attached hydrogen (secondary N) is 1. The lowest BCUT2D eigenvalue weighted by atomic mass is 9.70. The predicted octanol–water partition coefficient (Wildman–Crippen LogP) is 4.08. The van der Waals surface area contributed by atoms with Crippen LogP contribution >= 0.6 is 0 Å². The molecule has 1 rings (SSSR count). The highest BCUT2D eigenvalue weighted by molar-refractivity contribution is 4.86. The van der Waals surface area contributed by atoms with E-state index in [1.165, 1.54) is 32.1 Å². The van der Waals surface area contributed by atoms with E-state index in [0.29, 0.717) is 0 Å². The molecule has 1 N–H and O–H groups in total. The van der Waals surface area contributed by atoms with Gasteiger partial charge < -0.3 is 5.32 Å². The van der Waals surface area contributed by atoms with Crippen molar-refractivity contribution in [2.45, 2.75) is 65.8 Å². The molecule has 96 valence electrons. The molecule has 1 aliphatic carbocycles. The van der Waals surface area contributed by atoms with Gasteiger partial charge in [0, 0.05) is 6.04 Å². The minimum absolute atomic E-state index is 0.750. The fourth-order valence-electron chi connectivity index (χ4n) is 3.96. The second-order valence-corrected chi connectivity index (χ2v) is 6.07. The summed E-state index contributed by atoms with van der Waals surface area (Å²) >= 11 is 0. The Hall–Kier alpha value is -0.0400. The molecule has 1 nitrogen and oxygen atoms in total. The maximum absolute atomic E-state index is 3.61. The van der Waals surface area contributed by atoms with E-state index < -0.39 is 0 Å². The zero-order valence-corrected chi connectivity index (χ0v) is 11.9. The molecule has 0 radical (unpaired) electrons. The van der Waals surface area contributed by atoms with Crippen LogP contribution in [0.5, 0.6) is 0 Å². The third kappa shape index (κ3) is 3.48. The van der Waals surface area contributed by atoms with Gasteiger partial charge in [0.2, 0.25) is 0 Å². The second kappa shape index (κ2) is 6.64. The summed E-state index contributed by atoms with van der Waals surface area (Å²) in [6.07, 6.45) is 6.96. The highest BCUT2D eigenvalue weighted by Crippen LogP contribution is 2.37. The summed E-state index contributed by atoms with van der Waals surface area (Å²) in [7, 11) is 2.16. The highest BCUT2D eigenvalue weighted by atomic mass is 14.9. The van der Waals surface area contributed by atoms with Crippen LogP contribution in [0.3, 0.4) is 0 Å². The van der Waals surface area contributed by atoms with E-state index in [0.717, 1.165) is 29.7 Å². The normalized spacial score (nSPS) is 33.0. The maximum atomic E-state index is 3.61. The van der Waals surface area contributed by atoms with Gasteiger partial charge in [-0.2, -0.15) is 0 Å². The van der Waals surface area contributed by atoms with Crippen molar-refractivity contribution in [2.75, 3.05) is 7.05 Å². The average Bonchev–Trinajstić information content (AvgIpc) is 2.24. The van der Waals surface area contributed by atoms with Crippen molar-refractivity contribution in [1.82, 2.24) is 5.32 Å². The Bertz CT molecular complexity index is 176. The van der Waals surface area contributed by atoms with Crippen molar-refractivity contribution >= 4 is 0 Å². The van der Waals surface area contributed by atoms with Gasteiger partial charge in [0.1, 0.15) is 0 Å². The summed E-state index contributed by atoms with van der Waals surface area (Å²) in [4.78, 5) is 0. The smallest absolute Gasteiger partial charge is 0.0121 e. The van der Waals surface area contributed by atoms with Crippen LogP contribution in [0.4, 0.5) is 0 Å². The van der Waals surface area contributed by atoms with Gasteiger partial charge in [-0.3, -0.25) is 0 Å². The SMILES string of the molecule is CCC(CC)C(NC)C1CC(C)CC(C)C1. The molecule has 0 amide bonds. The first-order valence-corrected chi connectivity index (χ1v) is 7.29. The van der Waals surface area contributed by atoms with Crippen molar-refractivity contribution in [3.63, 3.8) is 0 Å². The van der Waals surface area contributed by atoms with E-state index in [2.05, 4.69) is 40.1 Å². The topological polar surface area (TPSA) is 12.0 Å². The molecule has 16 heavy (non-hydrogen) atoms. The summed E-state index contributed by atoms with van der Waals surface area (Å²) < 4.78 is 0. The van der Waals surface area contributed by atoms with Crippen LogP contribution < -0.4 is 5.32 Å². The molecular formula is C15H31N. The van der Waals surface area contributed by atoms with Crippen LogP contribution in [-0.4, -0.2) is 13.1 Å². The van der Waals surface area contributed by atoms with Crippen molar-refractivity contribution in [1.29, 1.82) is 0 Å². The Morgan fingerprint density at radius 2 is 1.50 bits per heavy atom. The zero-order chi connectivity index (χ0) is 12.1. The molecule has 0 spiro atoms. The first kappa shape index (κ1) is 14.0. The van der Waals surface area contributed by atoms with Crippen LogP contribution in [0.15, 0.2) is 0 Å². The molecule has 0 aromatic rings. The van der Waals surface area contributed by atoms with Crippen LogP contribution in [0, 0.1) is 23.7 Å². The Kier molecular flexibility index (Phi) is 5.82. The van der Waals surface area contributed by atoms with E-state index in [4.69, 9.17) is 0 Å². The van der Waals surface area contributed by atoms with Gasteiger partial charge >= 0.3 is 0 Å². The van der Waals surface area contributed by atoms with Crippen molar-refractivity contribution in [3.05, 3.63) is 0 Å². The third-order valence-corrected chi connectivity index (χ3v) is 4.61. The van der Waals surface area contributed by atoms with Gasteiger partial charge in [-0.15, -0.1) is 0 Å². The van der Waals surface area contributed by atoms with Crippen LogP contribution in [0.1, 0.15) is 59.8 Å². The second-order valence-electron chi connectivity index (χ2n) is 6.07. The Morgan fingerprint density at radius 1 is 1.00 bits per heavy atom. The fraction of sp³-hybridized carbons (Fsp3) is 1.00. The molecule has 0 aromatic carbocycles. The van der Waals surface area contributed by atoms with Gasteiger partial charge in [-0.05, 0) is 50.0 Å². The summed E-state index contributed by atoms with van der Waals surface area (Å²) in [6.45, 7) is 9.55. The van der Waals surface area contributed by atoms with Gasteiger partial charge in [-0.1, -0.05) is 40.5 Å². The number of rotatable bonds is 5. The molecule has 0 heterocycles. The van der Waals surface area contributed by atoms with Gasteiger partial charge in [0.05, 0.1) is 0 Å². The van der Waals surface area contributed by atoms with E-state index in [1.807, 2.05) is 0 Å². The fourth-order valence-corrected chi connectivity index (χ4v) is 3.96. The largest absolute Gasteiger partial charge is 0.316 e. The third-order valence-electron chi connectivity index (χ3n) is 4.61. The van der Waals surface area contributed by atoms with Crippen molar-refractivity contribution in [3.8, 4) is 0 Å². The Labute approximate surface area is 102 Å². The molecule has 1 aliphatic rings. The minimum Gasteiger partial charge on any atom is -0.316 e. The number of hydrogen-bond acceptors (Lipinski definition) is 1. The lowest BCUT2D eigenvalue weighted by Gasteiger charge is -2.39. The molecule has 0 saturated heterocycles. The van der Waals surface area contributed by atoms with Crippen molar-refractivity contribution in [2.24, 2.45) is 23.7 Å². The molecule has 0 bridgehead atoms. The predicted molar refractivity (Wildman–Crippen MR) is 72.6 cm³/mol. The summed E-state index contributed by atoms with van der Waals surface area (Å²) in [6, 6.07) is 0.750. The monoisotopic (exact) mass is 225 g/mol. The lowest BCUT2D eigenvalue weighted by molar-refractivity contribution is 0.144. The van der Waals surface area contributed by atoms with Gasteiger partial charge in [0.25, 0.3) is 0 Å². The van der Waals surface area contributed by atoms with Crippen LogP contribution in [0.25, 0.3) is 0 Å². The summed E-state index contributed by atoms with van der Waals surface area (Å²) in [5.41, 5.74) is 0. The highest BCUT2D eigenvalue weighted by Gasteiger charge is 2.32. The summed E-state index contributed by atoms with van der Waals surface area (Å²) in [5.74, 6) is 3.64. The molecule has 3 unspecified atom stereocenters. The standard InChI is InChI=1S/C15H31N/c1-6-13(7-2)15(16-5)14-9-11(3)8-12(4)10-14/h11-16H,6-10H2,1-5H3. The molecule has 0 aliphatic heterocycles. The first-order valence-electron chi connectivity index (χ1n) is 7.29. The lowest BCUT2D eigenvalue weighted by Crippen LogP contribution is -2.42. The molecule has 1 fully saturated rings. The molecule has 3 atom stereocenters. The maximum Gasteiger partial charge on any atom is 0.0121 e. The van der Waals surface area contributed by atoms with Gasteiger partial charge in [-0.25, -0.2) is 0 Å². The Balaban J connectivity index is 2.63. The van der Waals surface area contributed by atoms with Crippen LogP contribution in [-0.2, 0) is 0 Å².